The summed E-state index contributed by atoms with van der Waals surface area (Å²) in [7, 11) is 1.68. The molecule has 0 saturated heterocycles. The molecule has 0 bridgehead atoms. The molecule has 1 aliphatic rings. The fraction of sp³-hybridized carbons (Fsp3) is 0.312. The second-order valence-corrected chi connectivity index (χ2v) is 5.52. The van der Waals surface area contributed by atoms with Crippen LogP contribution in [0.5, 0.6) is 5.75 Å². The van der Waals surface area contributed by atoms with Crippen LogP contribution in [0.1, 0.15) is 28.7 Å². The van der Waals surface area contributed by atoms with Crippen LogP contribution in [0.25, 0.3) is 0 Å². The molecule has 7 heteroatoms. The van der Waals surface area contributed by atoms with Gasteiger partial charge in [0.05, 0.1) is 17.8 Å². The number of carbonyl (C=O) groups excluding carboxylic acids is 2. The molecule has 1 aromatic carbocycles. The number of hydrogen-bond donors (Lipinski definition) is 1. The third-order valence-corrected chi connectivity index (χ3v) is 3.59. The second-order valence-electron chi connectivity index (χ2n) is 5.52. The summed E-state index contributed by atoms with van der Waals surface area (Å²) in [6.45, 7) is 3.76. The van der Waals surface area contributed by atoms with Crippen molar-refractivity contribution in [2.75, 3.05) is 12.4 Å². The minimum atomic E-state index is -0.639. The predicted octanol–water partition coefficient (Wildman–Crippen LogP) is 1.97. The monoisotopic (exact) mass is 315 g/mol. The highest BCUT2D eigenvalue weighted by molar-refractivity contribution is 6.03. The molecule has 2 amide bonds. The number of carbonyl (C=O) groups is 2. The first kappa shape index (κ1) is 15.1. The van der Waals surface area contributed by atoms with Crippen molar-refractivity contribution < 1.29 is 18.8 Å². The van der Waals surface area contributed by atoms with Gasteiger partial charge >= 0.3 is 0 Å². The van der Waals surface area contributed by atoms with E-state index in [0.29, 0.717) is 35.0 Å². The lowest BCUT2D eigenvalue weighted by molar-refractivity contribution is -0.122. The largest absolute Gasteiger partial charge is 0.478 e. The van der Waals surface area contributed by atoms with Crippen molar-refractivity contribution in [1.29, 1.82) is 0 Å². The Morgan fingerprint density at radius 2 is 2.22 bits per heavy atom. The van der Waals surface area contributed by atoms with Crippen LogP contribution < -0.4 is 10.1 Å². The zero-order valence-corrected chi connectivity index (χ0v) is 13.1. The zero-order valence-electron chi connectivity index (χ0n) is 13.1. The molecular weight excluding hydrogens is 298 g/mol. The molecule has 3 rings (SSSR count). The van der Waals surface area contributed by atoms with Crippen LogP contribution in [0.3, 0.4) is 0 Å². The summed E-state index contributed by atoms with van der Waals surface area (Å²) >= 11 is 0. The molecular formula is C16H17N3O4. The van der Waals surface area contributed by atoms with Gasteiger partial charge in [-0.3, -0.25) is 9.59 Å². The van der Waals surface area contributed by atoms with E-state index < -0.39 is 6.10 Å². The van der Waals surface area contributed by atoms with Gasteiger partial charge in [0.15, 0.2) is 11.9 Å². The third kappa shape index (κ3) is 2.90. The number of nitrogens with one attached hydrogen (secondary N) is 1. The second kappa shape index (κ2) is 5.75. The summed E-state index contributed by atoms with van der Waals surface area (Å²) < 4.78 is 10.6. The van der Waals surface area contributed by atoms with E-state index in [0.717, 1.165) is 0 Å². The minimum absolute atomic E-state index is 0.217. The summed E-state index contributed by atoms with van der Waals surface area (Å²) in [4.78, 5) is 25.9. The SMILES string of the molecule is Cc1cc(CN(C)C(=O)c2cccc3c2OC(C)C(=O)N3)no1. The summed E-state index contributed by atoms with van der Waals surface area (Å²) in [5.74, 6) is 0.643. The molecule has 2 aromatic rings. The maximum atomic E-state index is 12.7. The van der Waals surface area contributed by atoms with E-state index in [1.165, 1.54) is 4.90 Å². The molecule has 120 valence electrons. The van der Waals surface area contributed by atoms with E-state index in [2.05, 4.69) is 10.5 Å². The van der Waals surface area contributed by atoms with Gasteiger partial charge in [0.2, 0.25) is 0 Å². The topological polar surface area (TPSA) is 84.7 Å². The Balaban J connectivity index is 1.85. The highest BCUT2D eigenvalue weighted by atomic mass is 16.5. The van der Waals surface area contributed by atoms with Crippen LogP contribution in [-0.4, -0.2) is 35.0 Å². The molecule has 23 heavy (non-hydrogen) atoms. The fourth-order valence-corrected chi connectivity index (χ4v) is 2.41. The van der Waals surface area contributed by atoms with Gasteiger partial charge in [-0.15, -0.1) is 0 Å². The van der Waals surface area contributed by atoms with Crippen molar-refractivity contribution in [3.8, 4) is 5.75 Å². The molecule has 1 atom stereocenters. The number of para-hydroxylation sites is 1. The summed E-state index contributed by atoms with van der Waals surface area (Å²) in [6.07, 6.45) is -0.639. The van der Waals surface area contributed by atoms with Crippen LogP contribution in [0.4, 0.5) is 5.69 Å². The molecule has 1 aliphatic heterocycles. The van der Waals surface area contributed by atoms with Crippen molar-refractivity contribution >= 4 is 17.5 Å². The van der Waals surface area contributed by atoms with Crippen molar-refractivity contribution in [3.63, 3.8) is 0 Å². The molecule has 1 aromatic heterocycles. The quantitative estimate of drug-likeness (QED) is 0.936. The number of fused-ring (bicyclic) bond motifs is 1. The lowest BCUT2D eigenvalue weighted by Crippen LogP contribution is -2.36. The Morgan fingerprint density at radius 1 is 1.43 bits per heavy atom. The number of amides is 2. The molecule has 2 heterocycles. The van der Waals surface area contributed by atoms with Crippen molar-refractivity contribution in [2.45, 2.75) is 26.5 Å². The van der Waals surface area contributed by atoms with Gasteiger partial charge in [-0.25, -0.2) is 0 Å². The van der Waals surface area contributed by atoms with Crippen molar-refractivity contribution in [1.82, 2.24) is 10.1 Å². The first-order valence-corrected chi connectivity index (χ1v) is 7.24. The standard InChI is InChI=1S/C16H17N3O4/c1-9-7-11(18-23-9)8-19(3)16(21)12-5-4-6-13-14(12)22-10(2)15(20)17-13/h4-7,10H,8H2,1-3H3,(H,17,20). The van der Waals surface area contributed by atoms with E-state index in [9.17, 15) is 9.59 Å². The summed E-state index contributed by atoms with van der Waals surface area (Å²) in [6, 6.07) is 6.87. The number of rotatable bonds is 3. The van der Waals surface area contributed by atoms with Gasteiger partial charge in [0.1, 0.15) is 11.5 Å². The highest BCUT2D eigenvalue weighted by Crippen LogP contribution is 2.34. The molecule has 7 nitrogen and oxygen atoms in total. The maximum Gasteiger partial charge on any atom is 0.265 e. The third-order valence-electron chi connectivity index (χ3n) is 3.59. The smallest absolute Gasteiger partial charge is 0.265 e. The van der Waals surface area contributed by atoms with Gasteiger partial charge in [-0.1, -0.05) is 11.2 Å². The lowest BCUT2D eigenvalue weighted by Gasteiger charge is -2.26. The average Bonchev–Trinajstić information content (AvgIpc) is 2.92. The zero-order chi connectivity index (χ0) is 16.6. The Labute approximate surface area is 133 Å². The number of aryl methyl sites for hydroxylation is 1. The highest BCUT2D eigenvalue weighted by Gasteiger charge is 2.28. The molecule has 1 unspecified atom stereocenters. The first-order valence-electron chi connectivity index (χ1n) is 7.24. The van der Waals surface area contributed by atoms with Crippen molar-refractivity contribution in [2.24, 2.45) is 0 Å². The number of nitrogens with zero attached hydrogens (tertiary/aromatic N) is 2. The Hall–Kier alpha value is -2.83. The number of ether oxygens (including phenoxy) is 1. The van der Waals surface area contributed by atoms with Gasteiger partial charge in [-0.2, -0.15) is 0 Å². The molecule has 0 aliphatic carbocycles. The molecule has 0 fully saturated rings. The number of anilines is 1. The Kier molecular flexibility index (Phi) is 3.77. The molecule has 0 spiro atoms. The van der Waals surface area contributed by atoms with Gasteiger partial charge in [-0.05, 0) is 26.0 Å². The average molecular weight is 315 g/mol. The van der Waals surface area contributed by atoms with Crippen LogP contribution in [-0.2, 0) is 11.3 Å². The van der Waals surface area contributed by atoms with Gasteiger partial charge in [0, 0.05) is 13.1 Å². The van der Waals surface area contributed by atoms with Crippen LogP contribution in [0.2, 0.25) is 0 Å². The Morgan fingerprint density at radius 3 is 2.91 bits per heavy atom. The molecule has 0 saturated carbocycles. The van der Waals surface area contributed by atoms with Crippen LogP contribution in [0.15, 0.2) is 28.8 Å². The van der Waals surface area contributed by atoms with Crippen molar-refractivity contribution in [3.05, 3.63) is 41.3 Å². The molecule has 0 radical (unpaired) electrons. The fourth-order valence-electron chi connectivity index (χ4n) is 2.41. The van der Waals surface area contributed by atoms with E-state index in [1.807, 2.05) is 0 Å². The van der Waals surface area contributed by atoms with Gasteiger partial charge < -0.3 is 19.5 Å². The maximum absolute atomic E-state index is 12.7. The summed E-state index contributed by atoms with van der Waals surface area (Å²) in [5.41, 5.74) is 1.58. The number of hydrogen-bond acceptors (Lipinski definition) is 5. The normalized spacial score (nSPS) is 16.3. The predicted molar refractivity (Wildman–Crippen MR) is 82.2 cm³/mol. The Bertz CT molecular complexity index is 768. The van der Waals surface area contributed by atoms with E-state index in [4.69, 9.17) is 9.26 Å². The van der Waals surface area contributed by atoms with E-state index in [-0.39, 0.29) is 11.8 Å². The minimum Gasteiger partial charge on any atom is -0.478 e. The molecule has 1 N–H and O–H groups in total. The van der Waals surface area contributed by atoms with Crippen LogP contribution >= 0.6 is 0 Å². The summed E-state index contributed by atoms with van der Waals surface area (Å²) in [5, 5.41) is 6.62. The first-order chi connectivity index (χ1) is 11.0. The van der Waals surface area contributed by atoms with Gasteiger partial charge in [0.25, 0.3) is 11.8 Å². The van der Waals surface area contributed by atoms with Crippen LogP contribution in [0, 0.1) is 6.92 Å². The van der Waals surface area contributed by atoms with E-state index in [1.54, 1.807) is 45.2 Å². The lowest BCUT2D eigenvalue weighted by atomic mass is 10.1. The number of aromatic nitrogens is 1. The van der Waals surface area contributed by atoms with E-state index >= 15 is 0 Å². The number of benzene rings is 1.